The molecule has 27 heavy (non-hydrogen) atoms. The van der Waals surface area contributed by atoms with E-state index in [0.717, 1.165) is 43.1 Å². The summed E-state index contributed by atoms with van der Waals surface area (Å²) in [6.07, 6.45) is 11.9. The highest BCUT2D eigenvalue weighted by Crippen LogP contribution is 2.18. The van der Waals surface area contributed by atoms with Crippen molar-refractivity contribution in [2.24, 2.45) is 0 Å². The predicted molar refractivity (Wildman–Crippen MR) is 113 cm³/mol. The third-order valence-electron chi connectivity index (χ3n) is 4.67. The monoisotopic (exact) mass is 383 g/mol. The Labute approximate surface area is 166 Å². The second-order valence-electron chi connectivity index (χ2n) is 7.10. The lowest BCUT2D eigenvalue weighted by atomic mass is 10.0. The molecule has 2 aromatic heterocycles. The molecular formula is C21H29N5S. The van der Waals surface area contributed by atoms with Gasteiger partial charge >= 0.3 is 0 Å². The molecule has 0 saturated heterocycles. The summed E-state index contributed by atoms with van der Waals surface area (Å²) in [5.74, 6) is 3.70. The van der Waals surface area contributed by atoms with Crippen LogP contribution in [0.25, 0.3) is 5.69 Å². The van der Waals surface area contributed by atoms with E-state index >= 15 is 0 Å². The van der Waals surface area contributed by atoms with Gasteiger partial charge in [0.1, 0.15) is 5.82 Å². The first kappa shape index (κ1) is 19.7. The second-order valence-corrected chi connectivity index (χ2v) is 8.09. The minimum Gasteiger partial charge on any atom is -0.337 e. The zero-order chi connectivity index (χ0) is 19.1. The Hall–Kier alpha value is -2.08. The normalized spacial score (nSPS) is 11.4. The molecule has 0 fully saturated rings. The van der Waals surface area contributed by atoms with Crippen molar-refractivity contribution in [1.82, 2.24) is 24.3 Å². The fraction of sp³-hybridized carbons (Fsp3) is 0.476. The van der Waals surface area contributed by atoms with Crippen molar-refractivity contribution in [1.29, 1.82) is 0 Å². The van der Waals surface area contributed by atoms with Crippen LogP contribution in [0, 0.1) is 0 Å². The largest absolute Gasteiger partial charge is 0.337 e. The highest BCUT2D eigenvalue weighted by atomic mass is 32.2. The zero-order valence-corrected chi connectivity index (χ0v) is 17.3. The SMILES string of the molecule is CSCCCCc1nc(CCn2ccnc2)nn1-c1ccc(C(C)C)cc1. The molecule has 0 aliphatic carbocycles. The van der Waals surface area contributed by atoms with Gasteiger partial charge in [-0.05, 0) is 48.5 Å². The summed E-state index contributed by atoms with van der Waals surface area (Å²) in [6, 6.07) is 8.72. The van der Waals surface area contributed by atoms with Gasteiger partial charge in [-0.3, -0.25) is 0 Å². The Balaban J connectivity index is 1.77. The summed E-state index contributed by atoms with van der Waals surface area (Å²) in [5, 5.41) is 4.82. The second kappa shape index (κ2) is 9.74. The van der Waals surface area contributed by atoms with Gasteiger partial charge in [0.2, 0.25) is 0 Å². The first-order chi connectivity index (χ1) is 13.2. The van der Waals surface area contributed by atoms with Crippen LogP contribution in [0.15, 0.2) is 43.0 Å². The lowest BCUT2D eigenvalue weighted by Crippen LogP contribution is -2.04. The lowest BCUT2D eigenvalue weighted by molar-refractivity contribution is 0.667. The molecule has 2 heterocycles. The minimum atomic E-state index is 0.534. The molecule has 0 N–H and O–H groups in total. The first-order valence-electron chi connectivity index (χ1n) is 9.67. The molecule has 0 atom stereocenters. The van der Waals surface area contributed by atoms with Crippen LogP contribution in [0.5, 0.6) is 0 Å². The number of hydrogen-bond donors (Lipinski definition) is 0. The van der Waals surface area contributed by atoms with Gasteiger partial charge in [-0.25, -0.2) is 14.6 Å². The van der Waals surface area contributed by atoms with E-state index in [4.69, 9.17) is 10.1 Å². The van der Waals surface area contributed by atoms with E-state index in [1.165, 1.54) is 17.7 Å². The summed E-state index contributed by atoms with van der Waals surface area (Å²) >= 11 is 1.90. The zero-order valence-electron chi connectivity index (χ0n) is 16.5. The van der Waals surface area contributed by atoms with Crippen LogP contribution in [0.4, 0.5) is 0 Å². The predicted octanol–water partition coefficient (Wildman–Crippen LogP) is 4.52. The van der Waals surface area contributed by atoms with Crippen molar-refractivity contribution in [2.45, 2.75) is 52.0 Å². The molecular weight excluding hydrogens is 354 g/mol. The van der Waals surface area contributed by atoms with Gasteiger partial charge in [0.05, 0.1) is 12.0 Å². The summed E-state index contributed by atoms with van der Waals surface area (Å²) < 4.78 is 4.10. The van der Waals surface area contributed by atoms with Crippen molar-refractivity contribution in [3.8, 4) is 5.69 Å². The van der Waals surface area contributed by atoms with E-state index in [9.17, 15) is 0 Å². The van der Waals surface area contributed by atoms with Crippen molar-refractivity contribution in [3.63, 3.8) is 0 Å². The Morgan fingerprint density at radius 3 is 2.56 bits per heavy atom. The number of thioether (sulfide) groups is 1. The lowest BCUT2D eigenvalue weighted by Gasteiger charge is -2.09. The number of benzene rings is 1. The Morgan fingerprint density at radius 2 is 1.89 bits per heavy atom. The molecule has 0 radical (unpaired) electrons. The van der Waals surface area contributed by atoms with E-state index in [2.05, 4.69) is 53.9 Å². The van der Waals surface area contributed by atoms with E-state index in [-0.39, 0.29) is 0 Å². The van der Waals surface area contributed by atoms with Crippen molar-refractivity contribution in [3.05, 3.63) is 60.2 Å². The van der Waals surface area contributed by atoms with Gasteiger partial charge < -0.3 is 4.57 Å². The summed E-state index contributed by atoms with van der Waals surface area (Å²) in [4.78, 5) is 8.95. The van der Waals surface area contributed by atoms with Crippen LogP contribution in [0.1, 0.15) is 49.8 Å². The van der Waals surface area contributed by atoms with Gasteiger partial charge in [0.15, 0.2) is 5.82 Å². The molecule has 1 aromatic carbocycles. The maximum atomic E-state index is 4.85. The molecule has 0 amide bonds. The van der Waals surface area contributed by atoms with Crippen LogP contribution < -0.4 is 0 Å². The number of aryl methyl sites for hydroxylation is 3. The number of imidazole rings is 1. The van der Waals surface area contributed by atoms with E-state index in [0.29, 0.717) is 5.92 Å². The molecule has 3 aromatic rings. The fourth-order valence-corrected chi connectivity index (χ4v) is 3.54. The van der Waals surface area contributed by atoms with E-state index < -0.39 is 0 Å². The smallest absolute Gasteiger partial charge is 0.153 e. The van der Waals surface area contributed by atoms with Gasteiger partial charge in [-0.15, -0.1) is 0 Å². The number of unbranched alkanes of at least 4 members (excludes halogenated alkanes) is 1. The topological polar surface area (TPSA) is 48.5 Å². The molecule has 0 aliphatic rings. The van der Waals surface area contributed by atoms with Gasteiger partial charge in [0.25, 0.3) is 0 Å². The highest BCUT2D eigenvalue weighted by molar-refractivity contribution is 7.98. The molecule has 0 bridgehead atoms. The number of nitrogens with zero attached hydrogens (tertiary/aromatic N) is 5. The van der Waals surface area contributed by atoms with E-state index in [1.54, 1.807) is 6.20 Å². The van der Waals surface area contributed by atoms with Crippen molar-refractivity contribution < 1.29 is 0 Å². The minimum absolute atomic E-state index is 0.534. The third kappa shape index (κ3) is 5.45. The summed E-state index contributed by atoms with van der Waals surface area (Å²) in [7, 11) is 0. The molecule has 0 spiro atoms. The first-order valence-corrected chi connectivity index (χ1v) is 11.1. The van der Waals surface area contributed by atoms with Crippen LogP contribution in [0.2, 0.25) is 0 Å². The molecule has 144 valence electrons. The maximum Gasteiger partial charge on any atom is 0.153 e. The molecule has 5 nitrogen and oxygen atoms in total. The quantitative estimate of drug-likeness (QED) is 0.483. The van der Waals surface area contributed by atoms with Crippen LogP contribution >= 0.6 is 11.8 Å². The van der Waals surface area contributed by atoms with Crippen molar-refractivity contribution in [2.75, 3.05) is 12.0 Å². The third-order valence-corrected chi connectivity index (χ3v) is 5.37. The van der Waals surface area contributed by atoms with Gasteiger partial charge in [-0.1, -0.05) is 26.0 Å². The molecule has 0 aliphatic heterocycles. The van der Waals surface area contributed by atoms with Crippen molar-refractivity contribution >= 4 is 11.8 Å². The Morgan fingerprint density at radius 1 is 1.07 bits per heavy atom. The molecule has 0 unspecified atom stereocenters. The number of aromatic nitrogens is 5. The number of hydrogen-bond acceptors (Lipinski definition) is 4. The fourth-order valence-electron chi connectivity index (χ4n) is 3.04. The van der Waals surface area contributed by atoms with E-state index in [1.807, 2.05) is 29.0 Å². The average Bonchev–Trinajstić information content (AvgIpc) is 3.33. The summed E-state index contributed by atoms with van der Waals surface area (Å²) in [6.45, 7) is 5.29. The van der Waals surface area contributed by atoms with Crippen LogP contribution in [0.3, 0.4) is 0 Å². The maximum absolute atomic E-state index is 4.85. The number of rotatable bonds is 10. The summed E-state index contributed by atoms with van der Waals surface area (Å²) in [5.41, 5.74) is 2.45. The highest BCUT2D eigenvalue weighted by Gasteiger charge is 2.12. The Bertz CT molecular complexity index is 806. The Kier molecular flexibility index (Phi) is 7.10. The molecule has 3 rings (SSSR count). The van der Waals surface area contributed by atoms with Crippen LogP contribution in [-0.4, -0.2) is 36.3 Å². The molecule has 6 heteroatoms. The van der Waals surface area contributed by atoms with Gasteiger partial charge in [0, 0.05) is 31.8 Å². The average molecular weight is 384 g/mol. The molecule has 0 saturated carbocycles. The standard InChI is InChI=1S/C21H29N5S/c1-17(2)18-7-9-19(10-8-18)26-21(6-4-5-15-27-3)23-20(24-26)11-13-25-14-12-22-16-25/h7-10,12,14,16-17H,4-6,11,13,15H2,1-3H3. The van der Waals surface area contributed by atoms with Crippen LogP contribution in [-0.2, 0) is 19.4 Å². The van der Waals surface area contributed by atoms with Gasteiger partial charge in [-0.2, -0.15) is 16.9 Å².